The van der Waals surface area contributed by atoms with E-state index in [4.69, 9.17) is 18.9 Å². The van der Waals surface area contributed by atoms with Gasteiger partial charge in [-0.3, -0.25) is 0 Å². The molecule has 1 aliphatic heterocycles. The second-order valence-electron chi connectivity index (χ2n) is 7.58. The average molecular weight is 456 g/mol. The van der Waals surface area contributed by atoms with Gasteiger partial charge in [0, 0.05) is 35.4 Å². The molecule has 0 unspecified atom stereocenters. The number of aromatic hydroxyl groups is 4. The molecule has 9 heteroatoms. The molecule has 3 aromatic carbocycles. The van der Waals surface area contributed by atoms with E-state index in [-0.39, 0.29) is 34.3 Å². The predicted octanol–water partition coefficient (Wildman–Crippen LogP) is 3.16. The quantitative estimate of drug-likeness (QED) is 0.367. The summed E-state index contributed by atoms with van der Waals surface area (Å²) >= 11 is 0. The lowest BCUT2D eigenvalue weighted by atomic mass is 9.78. The van der Waals surface area contributed by atoms with Crippen LogP contribution in [0.1, 0.15) is 28.7 Å². The predicted molar refractivity (Wildman–Crippen MR) is 117 cm³/mol. The topological polar surface area (TPSA) is 138 Å². The number of fused-ring (bicyclic) bond motifs is 1. The molecule has 0 saturated carbocycles. The molecule has 0 aliphatic carbocycles. The molecule has 3 aromatic rings. The van der Waals surface area contributed by atoms with Gasteiger partial charge >= 0.3 is 0 Å². The Morgan fingerprint density at radius 3 is 1.97 bits per heavy atom. The largest absolute Gasteiger partial charge is 0.508 e. The molecule has 1 heterocycles. The van der Waals surface area contributed by atoms with Gasteiger partial charge in [0.15, 0.2) is 17.6 Å². The van der Waals surface area contributed by atoms with E-state index in [0.717, 1.165) is 6.07 Å². The maximum atomic E-state index is 11.5. The third-order valence-electron chi connectivity index (χ3n) is 5.71. The number of aliphatic hydroxyl groups excluding tert-OH is 1. The zero-order valence-electron chi connectivity index (χ0n) is 18.1. The number of aliphatic hydroxyl groups is 1. The normalized spacial score (nSPS) is 19.3. The number of phenolic OH excluding ortho intramolecular Hbond substituents is 4. The standard InChI is InChI=1S/C24H24O9/c1-30-13-9-17(31-2)21(18(10-13)32-3)22-20-16(28)7-12(25)8-19(20)33-24(23(22)29)11-4-5-14(26)15(27)6-11/h4-10,22-29H,1-3H3/t22-,23+,24+/m0/s1. The summed E-state index contributed by atoms with van der Waals surface area (Å²) in [4.78, 5) is 0. The Labute approximate surface area is 189 Å². The number of ether oxygens (including phenoxy) is 4. The Kier molecular flexibility index (Phi) is 5.73. The van der Waals surface area contributed by atoms with E-state index < -0.39 is 18.1 Å². The van der Waals surface area contributed by atoms with Crippen LogP contribution >= 0.6 is 0 Å². The minimum atomic E-state index is -1.30. The first-order valence-corrected chi connectivity index (χ1v) is 10.0. The van der Waals surface area contributed by atoms with E-state index in [1.165, 1.54) is 45.6 Å². The van der Waals surface area contributed by atoms with Gasteiger partial charge in [-0.05, 0) is 17.7 Å². The monoisotopic (exact) mass is 456 g/mol. The van der Waals surface area contributed by atoms with Crippen LogP contribution in [0.2, 0.25) is 0 Å². The highest BCUT2D eigenvalue weighted by Gasteiger charge is 2.44. The summed E-state index contributed by atoms with van der Waals surface area (Å²) in [6, 6.07) is 9.77. The van der Waals surface area contributed by atoms with Crippen LogP contribution in [0, 0.1) is 0 Å². The number of hydrogen-bond donors (Lipinski definition) is 5. The highest BCUT2D eigenvalue weighted by atomic mass is 16.5. The third kappa shape index (κ3) is 3.76. The van der Waals surface area contributed by atoms with Gasteiger partial charge in [0.05, 0.1) is 27.2 Å². The number of methoxy groups -OCH3 is 3. The van der Waals surface area contributed by atoms with E-state index in [9.17, 15) is 25.5 Å². The SMILES string of the molecule is COc1cc(OC)c([C@@H]2c3c(O)cc(O)cc3O[C@H](c3ccc(O)c(O)c3)[C@@H]2O)c(OC)c1. The second kappa shape index (κ2) is 8.51. The zero-order valence-corrected chi connectivity index (χ0v) is 18.1. The smallest absolute Gasteiger partial charge is 0.157 e. The van der Waals surface area contributed by atoms with Gasteiger partial charge in [-0.1, -0.05) is 6.07 Å². The Morgan fingerprint density at radius 2 is 1.39 bits per heavy atom. The van der Waals surface area contributed by atoms with Crippen molar-refractivity contribution in [3.8, 4) is 46.0 Å². The molecule has 174 valence electrons. The van der Waals surface area contributed by atoms with Crippen molar-refractivity contribution in [2.45, 2.75) is 18.1 Å². The zero-order chi connectivity index (χ0) is 23.9. The molecule has 9 nitrogen and oxygen atoms in total. The maximum Gasteiger partial charge on any atom is 0.157 e. The van der Waals surface area contributed by atoms with Crippen LogP contribution in [0.3, 0.4) is 0 Å². The molecule has 1 aliphatic rings. The summed E-state index contributed by atoms with van der Waals surface area (Å²) in [5.41, 5.74) is 1.01. The lowest BCUT2D eigenvalue weighted by molar-refractivity contribution is 0.00643. The Morgan fingerprint density at radius 1 is 0.727 bits per heavy atom. The van der Waals surface area contributed by atoms with E-state index in [1.54, 1.807) is 12.1 Å². The highest BCUT2D eigenvalue weighted by Crippen LogP contribution is 2.54. The van der Waals surface area contributed by atoms with Gasteiger partial charge in [-0.25, -0.2) is 0 Å². The van der Waals surface area contributed by atoms with Crippen molar-refractivity contribution < 1.29 is 44.5 Å². The molecular formula is C24H24O9. The molecule has 0 aromatic heterocycles. The first kappa shape index (κ1) is 22.2. The van der Waals surface area contributed by atoms with E-state index in [2.05, 4.69) is 0 Å². The van der Waals surface area contributed by atoms with Crippen LogP contribution < -0.4 is 18.9 Å². The second-order valence-corrected chi connectivity index (χ2v) is 7.58. The first-order chi connectivity index (χ1) is 15.8. The van der Waals surface area contributed by atoms with Crippen molar-refractivity contribution in [3.05, 3.63) is 59.2 Å². The van der Waals surface area contributed by atoms with Crippen molar-refractivity contribution in [2.75, 3.05) is 21.3 Å². The number of phenols is 4. The Hall–Kier alpha value is -3.98. The summed E-state index contributed by atoms with van der Waals surface area (Å²) < 4.78 is 22.4. The molecule has 3 atom stereocenters. The molecule has 0 fully saturated rings. The summed E-state index contributed by atoms with van der Waals surface area (Å²) in [6.07, 6.45) is -2.33. The van der Waals surface area contributed by atoms with Crippen LogP contribution in [0.15, 0.2) is 42.5 Å². The Balaban J connectivity index is 1.98. The van der Waals surface area contributed by atoms with Crippen molar-refractivity contribution in [1.29, 1.82) is 0 Å². The van der Waals surface area contributed by atoms with E-state index in [0.29, 0.717) is 28.4 Å². The van der Waals surface area contributed by atoms with Gasteiger partial charge in [-0.15, -0.1) is 0 Å². The summed E-state index contributed by atoms with van der Waals surface area (Å²) in [6.45, 7) is 0. The maximum absolute atomic E-state index is 11.5. The fraction of sp³-hybridized carbons (Fsp3) is 0.250. The lowest BCUT2D eigenvalue weighted by Crippen LogP contribution is -2.35. The number of hydrogen-bond acceptors (Lipinski definition) is 9. The van der Waals surface area contributed by atoms with E-state index >= 15 is 0 Å². The van der Waals surface area contributed by atoms with Crippen LogP contribution in [0.25, 0.3) is 0 Å². The van der Waals surface area contributed by atoms with Crippen molar-refractivity contribution in [2.24, 2.45) is 0 Å². The number of benzene rings is 3. The lowest BCUT2D eigenvalue weighted by Gasteiger charge is -2.38. The molecular weight excluding hydrogens is 432 g/mol. The molecule has 0 spiro atoms. The van der Waals surface area contributed by atoms with Crippen molar-refractivity contribution in [3.63, 3.8) is 0 Å². The highest BCUT2D eigenvalue weighted by molar-refractivity contribution is 5.63. The van der Waals surface area contributed by atoms with Crippen LogP contribution in [-0.4, -0.2) is 53.0 Å². The fourth-order valence-corrected chi connectivity index (χ4v) is 4.20. The van der Waals surface area contributed by atoms with Crippen LogP contribution in [0.5, 0.6) is 46.0 Å². The van der Waals surface area contributed by atoms with Gasteiger partial charge < -0.3 is 44.5 Å². The van der Waals surface area contributed by atoms with Crippen LogP contribution in [0.4, 0.5) is 0 Å². The molecule has 33 heavy (non-hydrogen) atoms. The average Bonchev–Trinajstić information content (AvgIpc) is 2.80. The van der Waals surface area contributed by atoms with Crippen molar-refractivity contribution >= 4 is 0 Å². The minimum Gasteiger partial charge on any atom is -0.508 e. The van der Waals surface area contributed by atoms with Gasteiger partial charge in [0.1, 0.15) is 40.6 Å². The molecule has 4 rings (SSSR count). The Bertz CT molecular complexity index is 1170. The van der Waals surface area contributed by atoms with Gasteiger partial charge in [-0.2, -0.15) is 0 Å². The van der Waals surface area contributed by atoms with Crippen molar-refractivity contribution in [1.82, 2.24) is 0 Å². The molecule has 0 amide bonds. The van der Waals surface area contributed by atoms with E-state index in [1.807, 2.05) is 0 Å². The molecule has 0 bridgehead atoms. The summed E-state index contributed by atoms with van der Waals surface area (Å²) in [5, 5.41) is 52.0. The van der Waals surface area contributed by atoms with Gasteiger partial charge in [0.25, 0.3) is 0 Å². The first-order valence-electron chi connectivity index (χ1n) is 10.0. The minimum absolute atomic E-state index is 0.125. The van der Waals surface area contributed by atoms with Crippen LogP contribution in [-0.2, 0) is 0 Å². The molecule has 5 N–H and O–H groups in total. The molecule has 0 radical (unpaired) electrons. The number of rotatable bonds is 5. The van der Waals surface area contributed by atoms with Gasteiger partial charge in [0.2, 0.25) is 0 Å². The third-order valence-corrected chi connectivity index (χ3v) is 5.71. The molecule has 0 saturated heterocycles. The summed E-state index contributed by atoms with van der Waals surface area (Å²) in [5.74, 6) is -0.900. The summed E-state index contributed by atoms with van der Waals surface area (Å²) in [7, 11) is 4.40. The fourth-order valence-electron chi connectivity index (χ4n) is 4.20.